The van der Waals surface area contributed by atoms with Crippen molar-refractivity contribution in [1.29, 1.82) is 0 Å². The molecule has 2 heterocycles. The Morgan fingerprint density at radius 3 is 2.68 bits per heavy atom. The summed E-state index contributed by atoms with van der Waals surface area (Å²) < 4.78 is 7.41. The lowest BCUT2D eigenvalue weighted by Crippen LogP contribution is -2.29. The summed E-state index contributed by atoms with van der Waals surface area (Å²) in [6.07, 6.45) is 1.93. The number of carbonyl (C=O) groups is 1. The molecule has 1 saturated heterocycles. The standard InChI is InChI=1S/C24H27N3O3S/c1-15-11-16(2)22(17(3)12-15)26-21(28)14-31-24-25-20-9-5-4-8-19(20)23(29)27(24)13-18-7-6-10-30-18/h4-5,8-9,11-12,18H,6-7,10,13-14H2,1-3H3,(H,26,28)/t18-/m0/s1. The van der Waals surface area contributed by atoms with Crippen LogP contribution in [0.5, 0.6) is 0 Å². The van der Waals surface area contributed by atoms with Crippen LogP contribution in [0.2, 0.25) is 0 Å². The Kier molecular flexibility index (Phi) is 6.43. The molecule has 1 N–H and O–H groups in total. The van der Waals surface area contributed by atoms with Crippen molar-refractivity contribution in [3.05, 3.63) is 63.4 Å². The summed E-state index contributed by atoms with van der Waals surface area (Å²) in [7, 11) is 0. The van der Waals surface area contributed by atoms with Crippen LogP contribution in [0.25, 0.3) is 10.9 Å². The summed E-state index contributed by atoms with van der Waals surface area (Å²) in [6.45, 7) is 7.21. The molecule has 6 nitrogen and oxygen atoms in total. The first-order chi connectivity index (χ1) is 14.9. The lowest BCUT2D eigenvalue weighted by atomic mass is 10.1. The smallest absolute Gasteiger partial charge is 0.262 e. The molecule has 1 atom stereocenters. The third kappa shape index (κ3) is 4.83. The lowest BCUT2D eigenvalue weighted by molar-refractivity contribution is -0.113. The number of para-hydroxylation sites is 1. The van der Waals surface area contributed by atoms with E-state index < -0.39 is 0 Å². The number of fused-ring (bicyclic) bond motifs is 1. The normalized spacial score (nSPS) is 16.0. The number of nitrogens with zero attached hydrogens (tertiary/aromatic N) is 2. The van der Waals surface area contributed by atoms with Gasteiger partial charge in [-0.25, -0.2) is 4.98 Å². The van der Waals surface area contributed by atoms with Crippen molar-refractivity contribution in [2.45, 2.75) is 51.4 Å². The third-order valence-corrected chi connectivity index (χ3v) is 6.49. The number of carbonyl (C=O) groups excluding carboxylic acids is 1. The molecule has 4 rings (SSSR count). The first-order valence-corrected chi connectivity index (χ1v) is 11.5. The van der Waals surface area contributed by atoms with Gasteiger partial charge in [-0.1, -0.05) is 41.6 Å². The number of thioether (sulfide) groups is 1. The van der Waals surface area contributed by atoms with Gasteiger partial charge in [0.1, 0.15) is 0 Å². The predicted molar refractivity (Wildman–Crippen MR) is 125 cm³/mol. The average molecular weight is 438 g/mol. The Balaban J connectivity index is 1.57. The van der Waals surface area contributed by atoms with Crippen LogP contribution in [0, 0.1) is 20.8 Å². The van der Waals surface area contributed by atoms with Gasteiger partial charge in [0.25, 0.3) is 5.56 Å². The Hall–Kier alpha value is -2.64. The van der Waals surface area contributed by atoms with Crippen molar-refractivity contribution >= 4 is 34.3 Å². The molecule has 2 aromatic carbocycles. The van der Waals surface area contributed by atoms with Crippen molar-refractivity contribution < 1.29 is 9.53 Å². The first kappa shape index (κ1) is 21.6. The molecule has 1 aliphatic rings. The number of amides is 1. The zero-order valence-corrected chi connectivity index (χ0v) is 18.9. The van der Waals surface area contributed by atoms with Crippen LogP contribution in [0.4, 0.5) is 5.69 Å². The van der Waals surface area contributed by atoms with Crippen LogP contribution >= 0.6 is 11.8 Å². The Morgan fingerprint density at radius 1 is 1.23 bits per heavy atom. The van der Waals surface area contributed by atoms with Gasteiger partial charge in [0.15, 0.2) is 5.16 Å². The van der Waals surface area contributed by atoms with Gasteiger partial charge in [0, 0.05) is 12.3 Å². The number of benzene rings is 2. The summed E-state index contributed by atoms with van der Waals surface area (Å²) in [5, 5.41) is 4.15. The Labute approximate surface area is 186 Å². The zero-order chi connectivity index (χ0) is 22.0. The van der Waals surface area contributed by atoms with E-state index >= 15 is 0 Å². The molecule has 0 saturated carbocycles. The van der Waals surface area contributed by atoms with E-state index in [1.807, 2.05) is 39.0 Å². The molecule has 1 fully saturated rings. The zero-order valence-electron chi connectivity index (χ0n) is 18.1. The monoisotopic (exact) mass is 437 g/mol. The fourth-order valence-electron chi connectivity index (χ4n) is 4.09. The van der Waals surface area contributed by atoms with Crippen molar-refractivity contribution in [2.75, 3.05) is 17.7 Å². The Bertz CT molecular complexity index is 1160. The molecule has 162 valence electrons. The molecule has 0 bridgehead atoms. The highest BCUT2D eigenvalue weighted by Gasteiger charge is 2.21. The molecule has 31 heavy (non-hydrogen) atoms. The second kappa shape index (κ2) is 9.24. The fraction of sp³-hybridized carbons (Fsp3) is 0.375. The largest absolute Gasteiger partial charge is 0.376 e. The van der Waals surface area contributed by atoms with Crippen LogP contribution in [0.15, 0.2) is 46.3 Å². The van der Waals surface area contributed by atoms with E-state index in [4.69, 9.17) is 9.72 Å². The van der Waals surface area contributed by atoms with Crippen LogP contribution in [-0.4, -0.2) is 33.9 Å². The van der Waals surface area contributed by atoms with Gasteiger partial charge in [-0.15, -0.1) is 0 Å². The number of anilines is 1. The first-order valence-electron chi connectivity index (χ1n) is 10.5. The molecular formula is C24H27N3O3S. The van der Waals surface area contributed by atoms with E-state index in [1.165, 1.54) is 17.3 Å². The lowest BCUT2D eigenvalue weighted by Gasteiger charge is -2.17. The van der Waals surface area contributed by atoms with Crippen molar-refractivity contribution in [1.82, 2.24) is 9.55 Å². The fourth-order valence-corrected chi connectivity index (χ4v) is 4.90. The summed E-state index contributed by atoms with van der Waals surface area (Å²) in [4.78, 5) is 30.5. The highest BCUT2D eigenvalue weighted by atomic mass is 32.2. The van der Waals surface area contributed by atoms with Crippen molar-refractivity contribution in [3.8, 4) is 0 Å². The van der Waals surface area contributed by atoms with Crippen LogP contribution in [0.3, 0.4) is 0 Å². The van der Waals surface area contributed by atoms with Crippen molar-refractivity contribution in [3.63, 3.8) is 0 Å². The van der Waals surface area contributed by atoms with E-state index in [0.29, 0.717) is 22.6 Å². The summed E-state index contributed by atoms with van der Waals surface area (Å²) in [5.41, 5.74) is 4.64. The number of hydrogen-bond donors (Lipinski definition) is 1. The maximum Gasteiger partial charge on any atom is 0.262 e. The summed E-state index contributed by atoms with van der Waals surface area (Å²) in [6, 6.07) is 11.4. The topological polar surface area (TPSA) is 73.2 Å². The number of aryl methyl sites for hydroxylation is 3. The number of rotatable bonds is 6. The number of nitrogens with one attached hydrogen (secondary N) is 1. The summed E-state index contributed by atoms with van der Waals surface area (Å²) in [5.74, 6) is 0.0504. The molecule has 1 aromatic heterocycles. The molecule has 7 heteroatoms. The van der Waals surface area contributed by atoms with Gasteiger partial charge in [0.2, 0.25) is 5.91 Å². The van der Waals surface area contributed by atoms with Gasteiger partial charge in [0.05, 0.1) is 29.3 Å². The number of ether oxygens (including phenoxy) is 1. The average Bonchev–Trinajstić information content (AvgIpc) is 3.25. The van der Waals surface area contributed by atoms with Crippen LogP contribution < -0.4 is 10.9 Å². The highest BCUT2D eigenvalue weighted by molar-refractivity contribution is 7.99. The highest BCUT2D eigenvalue weighted by Crippen LogP contribution is 2.24. The quantitative estimate of drug-likeness (QED) is 0.461. The minimum absolute atomic E-state index is 0.00620. The van der Waals surface area contributed by atoms with Gasteiger partial charge in [-0.2, -0.15) is 0 Å². The maximum atomic E-state index is 13.1. The summed E-state index contributed by atoms with van der Waals surface area (Å²) >= 11 is 1.29. The molecule has 0 spiro atoms. The van der Waals surface area contributed by atoms with Gasteiger partial charge < -0.3 is 10.1 Å². The second-order valence-electron chi connectivity index (χ2n) is 8.07. The predicted octanol–water partition coefficient (Wildman–Crippen LogP) is 4.23. The van der Waals surface area contributed by atoms with Crippen LogP contribution in [0.1, 0.15) is 29.5 Å². The van der Waals surface area contributed by atoms with Crippen molar-refractivity contribution in [2.24, 2.45) is 0 Å². The van der Waals surface area contributed by atoms with E-state index in [1.54, 1.807) is 10.6 Å². The number of hydrogen-bond acceptors (Lipinski definition) is 5. The van der Waals surface area contributed by atoms with E-state index in [0.717, 1.165) is 36.3 Å². The Morgan fingerprint density at radius 2 is 1.97 bits per heavy atom. The van der Waals surface area contributed by atoms with Gasteiger partial charge >= 0.3 is 0 Å². The minimum atomic E-state index is -0.119. The molecule has 0 radical (unpaired) electrons. The molecule has 0 unspecified atom stereocenters. The van der Waals surface area contributed by atoms with Crippen LogP contribution in [-0.2, 0) is 16.1 Å². The van der Waals surface area contributed by atoms with Gasteiger partial charge in [-0.3, -0.25) is 14.2 Å². The maximum absolute atomic E-state index is 13.1. The molecule has 3 aromatic rings. The van der Waals surface area contributed by atoms with E-state index in [-0.39, 0.29) is 23.3 Å². The molecular weight excluding hydrogens is 410 g/mol. The van der Waals surface area contributed by atoms with E-state index in [9.17, 15) is 9.59 Å². The molecule has 1 aliphatic heterocycles. The third-order valence-electron chi connectivity index (χ3n) is 5.51. The minimum Gasteiger partial charge on any atom is -0.376 e. The van der Waals surface area contributed by atoms with Gasteiger partial charge in [-0.05, 0) is 56.9 Å². The second-order valence-corrected chi connectivity index (χ2v) is 9.02. The number of aromatic nitrogens is 2. The van der Waals surface area contributed by atoms with E-state index in [2.05, 4.69) is 17.4 Å². The SMILES string of the molecule is Cc1cc(C)c(NC(=O)CSc2nc3ccccc3c(=O)n2C[C@@H]2CCCO2)c(C)c1. The molecule has 0 aliphatic carbocycles. The molecule has 1 amide bonds.